The van der Waals surface area contributed by atoms with Crippen LogP contribution in [0.4, 0.5) is 0 Å². The number of carbonyl (C=O) groups is 1. The molecule has 1 aromatic rings. The number of benzene rings is 1. The van der Waals surface area contributed by atoms with Crippen LogP contribution >= 0.6 is 0 Å². The number of hydrogen-bond acceptors (Lipinski definition) is 2. The van der Waals surface area contributed by atoms with Crippen molar-refractivity contribution < 1.29 is 4.79 Å². The second-order valence-corrected chi connectivity index (χ2v) is 6.33. The average molecular weight is 272 g/mol. The van der Waals surface area contributed by atoms with Gasteiger partial charge in [0.25, 0.3) is 0 Å². The van der Waals surface area contributed by atoms with Crippen molar-refractivity contribution in [3.63, 3.8) is 0 Å². The minimum Gasteiger partial charge on any atom is -0.326 e. The number of amides is 1. The molecule has 0 spiro atoms. The molecule has 2 fully saturated rings. The van der Waals surface area contributed by atoms with Gasteiger partial charge >= 0.3 is 0 Å². The van der Waals surface area contributed by atoms with Crippen molar-refractivity contribution in [2.45, 2.75) is 51.1 Å². The first kappa shape index (κ1) is 13.6. The molecule has 1 atom stereocenters. The van der Waals surface area contributed by atoms with E-state index in [-0.39, 0.29) is 6.04 Å². The zero-order valence-electron chi connectivity index (χ0n) is 12.2. The van der Waals surface area contributed by atoms with Crippen LogP contribution in [0.2, 0.25) is 0 Å². The van der Waals surface area contributed by atoms with E-state index in [1.165, 1.54) is 31.2 Å². The van der Waals surface area contributed by atoms with Crippen LogP contribution in [0, 0.1) is 5.92 Å². The van der Waals surface area contributed by atoms with E-state index in [2.05, 4.69) is 29.3 Å². The highest BCUT2D eigenvalue weighted by atomic mass is 16.2. The van der Waals surface area contributed by atoms with Gasteiger partial charge in [-0.25, -0.2) is 0 Å². The van der Waals surface area contributed by atoms with Gasteiger partial charge in [-0.05, 0) is 43.6 Å². The molecule has 0 aromatic heterocycles. The third kappa shape index (κ3) is 2.88. The molecule has 0 bridgehead atoms. The molecule has 1 aliphatic heterocycles. The summed E-state index contributed by atoms with van der Waals surface area (Å²) in [5.41, 5.74) is 1.23. The summed E-state index contributed by atoms with van der Waals surface area (Å²) in [5.74, 6) is 1.13. The van der Waals surface area contributed by atoms with E-state index in [1.54, 1.807) is 0 Å². The monoisotopic (exact) mass is 272 g/mol. The Balaban J connectivity index is 1.59. The lowest BCUT2D eigenvalue weighted by Gasteiger charge is -2.33. The highest BCUT2D eigenvalue weighted by Crippen LogP contribution is 2.28. The van der Waals surface area contributed by atoms with Crippen LogP contribution in [0.5, 0.6) is 0 Å². The third-order valence-electron chi connectivity index (χ3n) is 4.80. The normalized spacial score (nSPS) is 30.8. The molecule has 1 aromatic carbocycles. The largest absolute Gasteiger partial charge is 0.326 e. The Hall–Kier alpha value is -1.35. The van der Waals surface area contributed by atoms with Crippen LogP contribution in [0.25, 0.3) is 0 Å². The highest BCUT2D eigenvalue weighted by Gasteiger charge is 2.36. The molecule has 1 heterocycles. The molecular formula is C17H24N2O. The van der Waals surface area contributed by atoms with Gasteiger partial charge in [-0.15, -0.1) is 0 Å². The maximum Gasteiger partial charge on any atom is 0.241 e. The first-order valence-corrected chi connectivity index (χ1v) is 7.82. The van der Waals surface area contributed by atoms with Crippen molar-refractivity contribution in [1.29, 1.82) is 0 Å². The Kier molecular flexibility index (Phi) is 4.06. The van der Waals surface area contributed by atoms with E-state index < -0.39 is 0 Å². The van der Waals surface area contributed by atoms with Crippen LogP contribution in [0.1, 0.15) is 38.2 Å². The summed E-state index contributed by atoms with van der Waals surface area (Å²) >= 11 is 0. The zero-order chi connectivity index (χ0) is 13.9. The molecule has 3 nitrogen and oxygen atoms in total. The Morgan fingerprint density at radius 2 is 1.85 bits per heavy atom. The summed E-state index contributed by atoms with van der Waals surface area (Å²) < 4.78 is 0. The van der Waals surface area contributed by atoms with Crippen LogP contribution < -0.4 is 5.32 Å². The Bertz CT molecular complexity index is 451. The van der Waals surface area contributed by atoms with Gasteiger partial charge in [-0.1, -0.05) is 37.3 Å². The van der Waals surface area contributed by atoms with E-state index in [9.17, 15) is 4.79 Å². The summed E-state index contributed by atoms with van der Waals surface area (Å²) in [7, 11) is 0. The Morgan fingerprint density at radius 1 is 1.15 bits per heavy atom. The fourth-order valence-electron chi connectivity index (χ4n) is 3.45. The fourth-order valence-corrected chi connectivity index (χ4v) is 3.45. The van der Waals surface area contributed by atoms with Crippen LogP contribution in [-0.2, 0) is 11.2 Å². The predicted molar refractivity (Wildman–Crippen MR) is 80.2 cm³/mol. The number of nitrogens with zero attached hydrogens (tertiary/aromatic N) is 1. The number of nitrogens with one attached hydrogen (secondary N) is 1. The maximum atomic E-state index is 12.6. The lowest BCUT2D eigenvalue weighted by atomic mass is 9.86. The molecule has 20 heavy (non-hydrogen) atoms. The molecule has 1 saturated carbocycles. The van der Waals surface area contributed by atoms with E-state index in [1.807, 2.05) is 18.2 Å². The van der Waals surface area contributed by atoms with Crippen molar-refractivity contribution >= 4 is 5.91 Å². The third-order valence-corrected chi connectivity index (χ3v) is 4.80. The summed E-state index contributed by atoms with van der Waals surface area (Å²) in [6.45, 7) is 3.05. The van der Waals surface area contributed by atoms with Gasteiger partial charge in [0.2, 0.25) is 5.91 Å². The van der Waals surface area contributed by atoms with Gasteiger partial charge in [0.15, 0.2) is 0 Å². The molecule has 1 saturated heterocycles. The minimum atomic E-state index is -0.0308. The van der Waals surface area contributed by atoms with E-state index in [0.29, 0.717) is 11.9 Å². The van der Waals surface area contributed by atoms with Crippen molar-refractivity contribution in [3.8, 4) is 0 Å². The van der Waals surface area contributed by atoms with Crippen LogP contribution in [0.3, 0.4) is 0 Å². The number of rotatable bonds is 3. The molecule has 0 radical (unpaired) electrons. The molecular weight excluding hydrogens is 248 g/mol. The van der Waals surface area contributed by atoms with Gasteiger partial charge in [-0.2, -0.15) is 0 Å². The maximum absolute atomic E-state index is 12.6. The van der Waals surface area contributed by atoms with Crippen LogP contribution in [0.15, 0.2) is 30.3 Å². The summed E-state index contributed by atoms with van der Waals surface area (Å²) in [6.07, 6.45) is 5.67. The minimum absolute atomic E-state index is 0.0308. The molecule has 1 N–H and O–H groups in total. The lowest BCUT2D eigenvalue weighted by Crippen LogP contribution is -2.41. The van der Waals surface area contributed by atoms with Crippen molar-refractivity contribution in [2.24, 2.45) is 5.92 Å². The van der Waals surface area contributed by atoms with Gasteiger partial charge < -0.3 is 4.90 Å². The smallest absolute Gasteiger partial charge is 0.241 e. The van der Waals surface area contributed by atoms with Crippen molar-refractivity contribution in [2.75, 3.05) is 6.67 Å². The molecule has 2 aliphatic rings. The standard InChI is InChI=1S/C17H24N2O/c1-13-7-9-15(10-8-13)19-12-18-16(17(19)20)11-14-5-3-2-4-6-14/h2-6,13,15-16,18H,7-12H2,1H3. The fraction of sp³-hybridized carbons (Fsp3) is 0.588. The highest BCUT2D eigenvalue weighted by molar-refractivity contribution is 5.84. The lowest BCUT2D eigenvalue weighted by molar-refractivity contribution is -0.131. The van der Waals surface area contributed by atoms with E-state index in [0.717, 1.165) is 19.0 Å². The molecule has 3 heteroatoms. The van der Waals surface area contributed by atoms with Crippen LogP contribution in [-0.4, -0.2) is 29.6 Å². The second kappa shape index (κ2) is 5.96. The summed E-state index contributed by atoms with van der Waals surface area (Å²) in [5, 5.41) is 3.39. The second-order valence-electron chi connectivity index (χ2n) is 6.33. The average Bonchev–Trinajstić information content (AvgIpc) is 2.83. The van der Waals surface area contributed by atoms with Gasteiger partial charge in [0.1, 0.15) is 0 Å². The van der Waals surface area contributed by atoms with Gasteiger partial charge in [0, 0.05) is 6.04 Å². The van der Waals surface area contributed by atoms with E-state index >= 15 is 0 Å². The molecule has 3 rings (SSSR count). The first-order chi connectivity index (χ1) is 9.74. The van der Waals surface area contributed by atoms with E-state index in [4.69, 9.17) is 0 Å². The van der Waals surface area contributed by atoms with Gasteiger partial charge in [-0.3, -0.25) is 10.1 Å². The Morgan fingerprint density at radius 3 is 2.55 bits per heavy atom. The van der Waals surface area contributed by atoms with Crippen molar-refractivity contribution in [3.05, 3.63) is 35.9 Å². The summed E-state index contributed by atoms with van der Waals surface area (Å²) in [4.78, 5) is 14.6. The summed E-state index contributed by atoms with van der Waals surface area (Å²) in [6, 6.07) is 10.7. The SMILES string of the molecule is CC1CCC(N2CNC(Cc3ccccc3)C2=O)CC1. The van der Waals surface area contributed by atoms with Crippen molar-refractivity contribution in [1.82, 2.24) is 10.2 Å². The first-order valence-electron chi connectivity index (χ1n) is 7.82. The topological polar surface area (TPSA) is 32.3 Å². The zero-order valence-corrected chi connectivity index (χ0v) is 12.2. The Labute approximate surface area is 121 Å². The molecule has 1 amide bonds. The number of carbonyl (C=O) groups excluding carboxylic acids is 1. The molecule has 1 unspecified atom stereocenters. The molecule has 1 aliphatic carbocycles. The predicted octanol–water partition coefficient (Wildman–Crippen LogP) is 2.57. The number of hydrogen-bond donors (Lipinski definition) is 1. The quantitative estimate of drug-likeness (QED) is 0.917. The molecule has 108 valence electrons. The van der Waals surface area contributed by atoms with Gasteiger partial charge in [0.05, 0.1) is 12.7 Å².